The molecule has 2 aromatic rings. The SMILES string of the molecule is O[C@@H]1C[C@H](Oc2ccncn2)C[C@@H]1COCc1ccccc1. The van der Waals surface area contributed by atoms with E-state index < -0.39 is 0 Å². The van der Waals surface area contributed by atoms with E-state index in [9.17, 15) is 5.11 Å². The molecule has 1 heterocycles. The Morgan fingerprint density at radius 3 is 2.77 bits per heavy atom. The first-order valence-corrected chi connectivity index (χ1v) is 7.53. The van der Waals surface area contributed by atoms with Crippen LogP contribution in [0.4, 0.5) is 0 Å². The molecule has 22 heavy (non-hydrogen) atoms. The largest absolute Gasteiger partial charge is 0.474 e. The number of aliphatic hydroxyl groups is 1. The van der Waals surface area contributed by atoms with Crippen LogP contribution in [-0.4, -0.2) is 33.9 Å². The van der Waals surface area contributed by atoms with Crippen LogP contribution in [-0.2, 0) is 11.3 Å². The van der Waals surface area contributed by atoms with E-state index >= 15 is 0 Å². The van der Waals surface area contributed by atoms with Crippen molar-refractivity contribution >= 4 is 0 Å². The van der Waals surface area contributed by atoms with Gasteiger partial charge in [0.25, 0.3) is 0 Å². The minimum atomic E-state index is -0.386. The van der Waals surface area contributed by atoms with Gasteiger partial charge in [-0.15, -0.1) is 0 Å². The molecule has 0 spiro atoms. The minimum absolute atomic E-state index is 0.0183. The van der Waals surface area contributed by atoms with Crippen molar-refractivity contribution in [2.24, 2.45) is 5.92 Å². The van der Waals surface area contributed by atoms with E-state index in [-0.39, 0.29) is 18.1 Å². The van der Waals surface area contributed by atoms with E-state index in [0.717, 1.165) is 12.0 Å². The van der Waals surface area contributed by atoms with E-state index in [1.807, 2.05) is 30.3 Å². The summed E-state index contributed by atoms with van der Waals surface area (Å²) in [6.45, 7) is 1.11. The summed E-state index contributed by atoms with van der Waals surface area (Å²) < 4.78 is 11.5. The van der Waals surface area contributed by atoms with Crippen molar-refractivity contribution in [3.63, 3.8) is 0 Å². The highest BCUT2D eigenvalue weighted by Crippen LogP contribution is 2.29. The van der Waals surface area contributed by atoms with Crippen LogP contribution < -0.4 is 4.74 Å². The van der Waals surface area contributed by atoms with E-state index in [0.29, 0.717) is 25.5 Å². The van der Waals surface area contributed by atoms with Gasteiger partial charge in [0.1, 0.15) is 12.4 Å². The lowest BCUT2D eigenvalue weighted by molar-refractivity contribution is 0.0367. The molecule has 0 saturated heterocycles. The third-order valence-corrected chi connectivity index (χ3v) is 3.90. The maximum Gasteiger partial charge on any atom is 0.216 e. The van der Waals surface area contributed by atoms with E-state index in [1.54, 1.807) is 12.3 Å². The molecule has 0 amide bonds. The number of benzene rings is 1. The molecule has 1 N–H and O–H groups in total. The van der Waals surface area contributed by atoms with Gasteiger partial charge in [0.2, 0.25) is 5.88 Å². The molecule has 1 aromatic heterocycles. The summed E-state index contributed by atoms with van der Waals surface area (Å²) in [7, 11) is 0. The standard InChI is InChI=1S/C17H20N2O3/c20-16-9-15(22-17-6-7-18-12-19-17)8-14(16)11-21-10-13-4-2-1-3-5-13/h1-7,12,14-16,20H,8-11H2/t14-,15-,16-/m1/s1. The average molecular weight is 300 g/mol. The molecule has 5 heteroatoms. The van der Waals surface area contributed by atoms with Crippen LogP contribution in [0.2, 0.25) is 0 Å². The maximum atomic E-state index is 10.1. The first-order valence-electron chi connectivity index (χ1n) is 7.53. The quantitative estimate of drug-likeness (QED) is 0.886. The predicted molar refractivity (Wildman–Crippen MR) is 81.3 cm³/mol. The van der Waals surface area contributed by atoms with Crippen LogP contribution >= 0.6 is 0 Å². The topological polar surface area (TPSA) is 64.5 Å². The van der Waals surface area contributed by atoms with E-state index in [1.165, 1.54) is 6.33 Å². The molecular formula is C17H20N2O3. The smallest absolute Gasteiger partial charge is 0.216 e. The van der Waals surface area contributed by atoms with Crippen molar-refractivity contribution in [1.29, 1.82) is 0 Å². The number of hydrogen-bond acceptors (Lipinski definition) is 5. The molecular weight excluding hydrogens is 280 g/mol. The van der Waals surface area contributed by atoms with Crippen molar-refractivity contribution in [2.45, 2.75) is 31.7 Å². The summed E-state index contributed by atoms with van der Waals surface area (Å²) in [4.78, 5) is 7.91. The van der Waals surface area contributed by atoms with Crippen LogP contribution in [0.3, 0.4) is 0 Å². The molecule has 1 aromatic carbocycles. The zero-order chi connectivity index (χ0) is 15.2. The monoisotopic (exact) mass is 300 g/mol. The summed E-state index contributed by atoms with van der Waals surface area (Å²) >= 11 is 0. The van der Waals surface area contributed by atoms with Gasteiger partial charge in [0.15, 0.2) is 0 Å². The van der Waals surface area contributed by atoms with Gasteiger partial charge in [-0.1, -0.05) is 30.3 Å². The molecule has 0 aliphatic heterocycles. The van der Waals surface area contributed by atoms with Crippen LogP contribution in [0.25, 0.3) is 0 Å². The summed E-state index contributed by atoms with van der Waals surface area (Å²) in [5, 5.41) is 10.1. The molecule has 3 rings (SSSR count). The van der Waals surface area contributed by atoms with E-state index in [2.05, 4.69) is 9.97 Å². The van der Waals surface area contributed by atoms with Crippen molar-refractivity contribution < 1.29 is 14.6 Å². The fraction of sp³-hybridized carbons (Fsp3) is 0.412. The first-order chi connectivity index (χ1) is 10.8. The van der Waals surface area contributed by atoms with Gasteiger partial charge >= 0.3 is 0 Å². The minimum Gasteiger partial charge on any atom is -0.474 e. The lowest BCUT2D eigenvalue weighted by atomic mass is 10.1. The summed E-state index contributed by atoms with van der Waals surface area (Å²) in [6.07, 6.45) is 4.09. The van der Waals surface area contributed by atoms with E-state index in [4.69, 9.17) is 9.47 Å². The lowest BCUT2D eigenvalue weighted by Gasteiger charge is -2.14. The van der Waals surface area contributed by atoms with Gasteiger partial charge in [0, 0.05) is 24.6 Å². The first kappa shape index (κ1) is 14.9. The molecule has 1 aliphatic rings. The molecule has 0 bridgehead atoms. The molecule has 1 fully saturated rings. The molecule has 116 valence electrons. The number of ether oxygens (including phenoxy) is 2. The maximum absolute atomic E-state index is 10.1. The van der Waals surface area contributed by atoms with Crippen molar-refractivity contribution in [3.8, 4) is 5.88 Å². The third-order valence-electron chi connectivity index (χ3n) is 3.90. The van der Waals surface area contributed by atoms with Crippen molar-refractivity contribution in [2.75, 3.05) is 6.61 Å². The van der Waals surface area contributed by atoms with Gasteiger partial charge in [0.05, 0.1) is 19.3 Å². The van der Waals surface area contributed by atoms with Gasteiger partial charge in [-0.05, 0) is 12.0 Å². The molecule has 1 aliphatic carbocycles. The fourth-order valence-corrected chi connectivity index (χ4v) is 2.75. The van der Waals surface area contributed by atoms with Crippen LogP contribution in [0.5, 0.6) is 5.88 Å². The molecule has 1 saturated carbocycles. The second kappa shape index (κ2) is 7.33. The van der Waals surface area contributed by atoms with Crippen LogP contribution in [0.1, 0.15) is 18.4 Å². The van der Waals surface area contributed by atoms with Crippen LogP contribution in [0.15, 0.2) is 48.9 Å². The molecule has 0 radical (unpaired) electrons. The van der Waals surface area contributed by atoms with Crippen molar-refractivity contribution in [3.05, 3.63) is 54.5 Å². The summed E-state index contributed by atoms with van der Waals surface area (Å²) in [5.74, 6) is 0.661. The van der Waals surface area contributed by atoms with Gasteiger partial charge in [-0.2, -0.15) is 0 Å². The molecule has 0 unspecified atom stereocenters. The second-order valence-electron chi connectivity index (χ2n) is 5.59. The summed E-state index contributed by atoms with van der Waals surface area (Å²) in [6, 6.07) is 11.8. The normalized spacial score (nSPS) is 24.3. The Bertz CT molecular complexity index is 565. The van der Waals surface area contributed by atoms with Crippen molar-refractivity contribution in [1.82, 2.24) is 9.97 Å². The van der Waals surface area contributed by atoms with Crippen LogP contribution in [0, 0.1) is 5.92 Å². The zero-order valence-corrected chi connectivity index (χ0v) is 12.3. The Morgan fingerprint density at radius 1 is 1.14 bits per heavy atom. The second-order valence-corrected chi connectivity index (χ2v) is 5.59. The molecule has 5 nitrogen and oxygen atoms in total. The Hall–Kier alpha value is -1.98. The highest BCUT2D eigenvalue weighted by atomic mass is 16.5. The Labute approximate surface area is 129 Å². The Balaban J connectivity index is 1.45. The summed E-state index contributed by atoms with van der Waals surface area (Å²) in [5.41, 5.74) is 1.14. The lowest BCUT2D eigenvalue weighted by Crippen LogP contribution is -2.18. The number of rotatable bonds is 6. The fourth-order valence-electron chi connectivity index (χ4n) is 2.75. The average Bonchev–Trinajstić information content (AvgIpc) is 2.89. The van der Waals surface area contributed by atoms with Gasteiger partial charge < -0.3 is 14.6 Å². The third kappa shape index (κ3) is 4.02. The van der Waals surface area contributed by atoms with Gasteiger partial charge in [-0.3, -0.25) is 0 Å². The highest BCUT2D eigenvalue weighted by Gasteiger charge is 2.34. The highest BCUT2D eigenvalue weighted by molar-refractivity contribution is 5.13. The Kier molecular flexibility index (Phi) is 4.98. The zero-order valence-electron chi connectivity index (χ0n) is 12.3. The number of nitrogens with zero attached hydrogens (tertiary/aromatic N) is 2. The molecule has 3 atom stereocenters. The number of hydrogen-bond donors (Lipinski definition) is 1. The Morgan fingerprint density at radius 2 is 2.00 bits per heavy atom. The predicted octanol–water partition coefficient (Wildman–Crippen LogP) is 2.21. The number of aromatic nitrogens is 2. The van der Waals surface area contributed by atoms with Gasteiger partial charge in [-0.25, -0.2) is 9.97 Å². The number of aliphatic hydroxyl groups excluding tert-OH is 1.